The molecule has 0 bridgehead atoms. The van der Waals surface area contributed by atoms with Crippen LogP contribution in [0.3, 0.4) is 0 Å². The Hall–Kier alpha value is 0.150. The lowest BCUT2D eigenvalue weighted by Crippen LogP contribution is -2.28. The molecule has 0 spiro atoms. The average Bonchev–Trinajstić information content (AvgIpc) is 2.63. The summed E-state index contributed by atoms with van der Waals surface area (Å²) in [7, 11) is 0. The van der Waals surface area contributed by atoms with Crippen molar-refractivity contribution in [1.82, 2.24) is 0 Å². The van der Waals surface area contributed by atoms with Crippen molar-refractivity contribution in [3.05, 3.63) is 22.3 Å². The quantitative estimate of drug-likeness (QED) is 0.166. The van der Waals surface area contributed by atoms with E-state index < -0.39 is 5.41 Å². The zero-order valence-corrected chi connectivity index (χ0v) is 22.5. The highest BCUT2D eigenvalue weighted by Crippen LogP contribution is 2.31. The van der Waals surface area contributed by atoms with Gasteiger partial charge in [-0.3, -0.25) is 9.59 Å². The van der Waals surface area contributed by atoms with E-state index in [4.69, 9.17) is 15.2 Å². The first kappa shape index (κ1) is 25.2. The van der Waals surface area contributed by atoms with Crippen LogP contribution in [0.25, 0.3) is 0 Å². The number of carbonyl (C=O) groups is 2. The Labute approximate surface area is 202 Å². The van der Waals surface area contributed by atoms with Gasteiger partial charge in [-0.2, -0.15) is 0 Å². The Bertz CT molecular complexity index is 692. The number of carbonyl (C=O) groups excluding carboxylic acids is 2. The smallest absolute Gasteiger partial charge is 0.311 e. The molecule has 1 rings (SSSR count). The van der Waals surface area contributed by atoms with Crippen molar-refractivity contribution in [3.63, 3.8) is 0 Å². The van der Waals surface area contributed by atoms with Crippen LogP contribution in [0.1, 0.15) is 46.1 Å². The summed E-state index contributed by atoms with van der Waals surface area (Å²) in [6, 6.07) is 2.03. The maximum absolute atomic E-state index is 12.5. The molecule has 1 aromatic rings. The number of anilines is 1. The van der Waals surface area contributed by atoms with Gasteiger partial charge in [-0.15, -0.1) is 0 Å². The lowest BCUT2D eigenvalue weighted by Gasteiger charge is -2.21. The molecule has 0 heterocycles. The largest absolute Gasteiger partial charge is 0.462 e. The first-order valence-electron chi connectivity index (χ1n) is 8.80. The van der Waals surface area contributed by atoms with Crippen LogP contribution in [0, 0.1) is 22.0 Å². The standard InChI is InChI=1S/C19H26I3NO4/c1-5-11(9-12-13(20)10-14(21)16(23)15(12)22)17(24)26-7-8-27-18(25)19(3,4)6-2/h10-11H,5-9,23H2,1-4H3. The number of benzene rings is 1. The van der Waals surface area contributed by atoms with Crippen LogP contribution in [0.15, 0.2) is 6.07 Å². The third-order valence-corrected chi connectivity index (χ3v) is 7.66. The van der Waals surface area contributed by atoms with E-state index in [1.165, 1.54) is 0 Å². The highest BCUT2D eigenvalue weighted by atomic mass is 127. The Balaban J connectivity index is 2.64. The molecule has 2 N–H and O–H groups in total. The molecule has 0 saturated heterocycles. The molecule has 1 atom stereocenters. The summed E-state index contributed by atoms with van der Waals surface area (Å²) in [5.41, 5.74) is 7.44. The number of nitrogen functional groups attached to an aromatic ring is 1. The summed E-state index contributed by atoms with van der Waals surface area (Å²) >= 11 is 6.73. The monoisotopic (exact) mass is 713 g/mol. The third-order valence-electron chi connectivity index (χ3n) is 4.57. The van der Waals surface area contributed by atoms with Gasteiger partial charge >= 0.3 is 11.9 Å². The zero-order chi connectivity index (χ0) is 20.8. The fraction of sp³-hybridized carbons (Fsp3) is 0.579. The Morgan fingerprint density at radius 2 is 1.70 bits per heavy atom. The van der Waals surface area contributed by atoms with E-state index in [1.807, 2.05) is 33.8 Å². The van der Waals surface area contributed by atoms with Crippen molar-refractivity contribution >= 4 is 85.4 Å². The van der Waals surface area contributed by atoms with E-state index in [2.05, 4.69) is 67.8 Å². The minimum Gasteiger partial charge on any atom is -0.462 e. The second kappa shape index (κ2) is 11.4. The number of hydrogen-bond acceptors (Lipinski definition) is 5. The zero-order valence-electron chi connectivity index (χ0n) is 16.0. The van der Waals surface area contributed by atoms with E-state index >= 15 is 0 Å². The maximum atomic E-state index is 12.5. The third kappa shape index (κ3) is 7.16. The molecule has 0 aromatic heterocycles. The molecule has 0 aliphatic rings. The van der Waals surface area contributed by atoms with Crippen LogP contribution in [-0.2, 0) is 25.5 Å². The number of ether oxygens (including phenoxy) is 2. The summed E-state index contributed by atoms with van der Waals surface area (Å²) in [6.45, 7) is 7.73. The molecule has 5 nitrogen and oxygen atoms in total. The highest BCUT2D eigenvalue weighted by Gasteiger charge is 2.27. The van der Waals surface area contributed by atoms with Gasteiger partial charge in [-0.1, -0.05) is 13.8 Å². The number of nitrogens with two attached hydrogens (primary N) is 1. The van der Waals surface area contributed by atoms with Gasteiger partial charge in [0.1, 0.15) is 13.2 Å². The van der Waals surface area contributed by atoms with Crippen molar-refractivity contribution in [1.29, 1.82) is 0 Å². The SMILES string of the molecule is CCC(Cc1c(I)cc(I)c(N)c1I)C(=O)OCCOC(=O)C(C)(C)CC. The van der Waals surface area contributed by atoms with Gasteiger partial charge in [-0.05, 0) is 113 Å². The second-order valence-electron chi connectivity index (χ2n) is 6.90. The molecule has 0 radical (unpaired) electrons. The lowest BCUT2D eigenvalue weighted by atomic mass is 9.91. The summed E-state index contributed by atoms with van der Waals surface area (Å²) in [5.74, 6) is -0.798. The van der Waals surface area contributed by atoms with Crippen LogP contribution in [0.4, 0.5) is 5.69 Å². The normalized spacial score (nSPS) is 12.6. The van der Waals surface area contributed by atoms with Crippen molar-refractivity contribution in [2.24, 2.45) is 11.3 Å². The van der Waals surface area contributed by atoms with Crippen molar-refractivity contribution < 1.29 is 19.1 Å². The molecule has 0 aliphatic carbocycles. The maximum Gasteiger partial charge on any atom is 0.311 e. The lowest BCUT2D eigenvalue weighted by molar-refractivity contribution is -0.160. The average molecular weight is 713 g/mol. The van der Waals surface area contributed by atoms with Crippen LogP contribution < -0.4 is 5.73 Å². The van der Waals surface area contributed by atoms with Crippen molar-refractivity contribution in [3.8, 4) is 0 Å². The molecule has 0 fully saturated rings. The fourth-order valence-electron chi connectivity index (χ4n) is 2.21. The summed E-state index contributed by atoms with van der Waals surface area (Å²) in [5, 5.41) is 0. The van der Waals surface area contributed by atoms with Gasteiger partial charge in [0.05, 0.1) is 17.0 Å². The van der Waals surface area contributed by atoms with Gasteiger partial charge in [0, 0.05) is 10.7 Å². The van der Waals surface area contributed by atoms with Gasteiger partial charge in [0.15, 0.2) is 0 Å². The van der Waals surface area contributed by atoms with Crippen molar-refractivity contribution in [2.75, 3.05) is 18.9 Å². The Morgan fingerprint density at radius 1 is 1.11 bits per heavy atom. The Kier molecular flexibility index (Phi) is 10.6. The molecule has 1 aromatic carbocycles. The molecule has 0 aliphatic heterocycles. The van der Waals surface area contributed by atoms with Crippen LogP contribution in [0.5, 0.6) is 0 Å². The van der Waals surface area contributed by atoms with E-state index in [0.717, 1.165) is 22.0 Å². The van der Waals surface area contributed by atoms with E-state index in [0.29, 0.717) is 19.3 Å². The summed E-state index contributed by atoms with van der Waals surface area (Å²) in [4.78, 5) is 24.4. The van der Waals surface area contributed by atoms with Crippen molar-refractivity contribution in [2.45, 2.75) is 47.0 Å². The molecular weight excluding hydrogens is 687 g/mol. The van der Waals surface area contributed by atoms with Gasteiger partial charge < -0.3 is 15.2 Å². The number of esters is 2. The second-order valence-corrected chi connectivity index (χ2v) is 10.3. The molecule has 1 unspecified atom stereocenters. The van der Waals surface area contributed by atoms with E-state index in [-0.39, 0.29) is 31.1 Å². The summed E-state index contributed by atoms with van der Waals surface area (Å²) in [6.07, 6.45) is 1.94. The van der Waals surface area contributed by atoms with Crippen LogP contribution >= 0.6 is 67.8 Å². The van der Waals surface area contributed by atoms with Gasteiger partial charge in [0.25, 0.3) is 0 Å². The first-order chi connectivity index (χ1) is 12.5. The van der Waals surface area contributed by atoms with Crippen LogP contribution in [0.2, 0.25) is 0 Å². The number of halogens is 3. The summed E-state index contributed by atoms with van der Waals surface area (Å²) < 4.78 is 13.7. The van der Waals surface area contributed by atoms with Crippen LogP contribution in [-0.4, -0.2) is 25.2 Å². The highest BCUT2D eigenvalue weighted by molar-refractivity contribution is 14.1. The molecule has 27 heavy (non-hydrogen) atoms. The number of hydrogen-bond donors (Lipinski definition) is 1. The number of rotatable bonds is 9. The molecular formula is C19H26I3NO4. The molecule has 0 amide bonds. The fourth-order valence-corrected chi connectivity index (χ4v) is 6.02. The molecule has 0 saturated carbocycles. The Morgan fingerprint density at radius 3 is 2.26 bits per heavy atom. The molecule has 8 heteroatoms. The minimum absolute atomic E-state index is 0.0733. The van der Waals surface area contributed by atoms with Gasteiger partial charge in [-0.25, -0.2) is 0 Å². The molecule has 152 valence electrons. The predicted molar refractivity (Wildman–Crippen MR) is 132 cm³/mol. The van der Waals surface area contributed by atoms with E-state index in [1.54, 1.807) is 0 Å². The topological polar surface area (TPSA) is 78.6 Å². The van der Waals surface area contributed by atoms with E-state index in [9.17, 15) is 9.59 Å². The minimum atomic E-state index is -0.520. The predicted octanol–water partition coefficient (Wildman–Crippen LogP) is 5.17. The van der Waals surface area contributed by atoms with Gasteiger partial charge in [0.2, 0.25) is 0 Å². The first-order valence-corrected chi connectivity index (χ1v) is 12.0.